The molecule has 14 nitrogen and oxygen atoms in total. The number of nitrogens with two attached hydrogens (primary N) is 1. The Morgan fingerprint density at radius 2 is 1.96 bits per heavy atom. The van der Waals surface area contributed by atoms with Crippen molar-refractivity contribution in [2.45, 2.75) is 57.0 Å². The number of fused-ring (bicyclic) bond motifs is 2. The largest absolute Gasteiger partial charge is 0.462 e. The molecule has 1 fully saturated rings. The summed E-state index contributed by atoms with van der Waals surface area (Å²) < 4.78 is 54.6. The highest BCUT2D eigenvalue weighted by molar-refractivity contribution is 7.52. The number of nitrogens with one attached hydrogen (secondary N) is 1. The van der Waals surface area contributed by atoms with E-state index in [1.54, 1.807) is 57.1 Å². The van der Waals surface area contributed by atoms with Gasteiger partial charge in [0.1, 0.15) is 23.5 Å². The molecule has 248 valence electrons. The number of halogens is 2. The van der Waals surface area contributed by atoms with E-state index in [2.05, 4.69) is 20.0 Å². The number of nitrogen functional groups attached to an aromatic ring is 1. The molecule has 0 radical (unpaired) electrons. The Hall–Kier alpha value is -3.59. The van der Waals surface area contributed by atoms with Crippen LogP contribution in [0.3, 0.4) is 0 Å². The molecule has 3 heterocycles. The molecule has 0 saturated carbocycles. The van der Waals surface area contributed by atoms with Crippen LogP contribution in [0.5, 0.6) is 5.75 Å². The van der Waals surface area contributed by atoms with Gasteiger partial charge in [-0.25, -0.2) is 13.9 Å². The molecule has 0 aliphatic carbocycles. The van der Waals surface area contributed by atoms with Crippen molar-refractivity contribution in [2.75, 3.05) is 37.2 Å². The fourth-order valence-corrected chi connectivity index (χ4v) is 6.89. The first kappa shape index (κ1) is 33.8. The first-order chi connectivity index (χ1) is 21.8. The van der Waals surface area contributed by atoms with Gasteiger partial charge in [0, 0.05) is 19.5 Å². The van der Waals surface area contributed by atoms with E-state index in [1.807, 2.05) is 18.2 Å². The number of rotatable bonds is 12. The highest BCUT2D eigenvalue weighted by Gasteiger charge is 2.57. The van der Waals surface area contributed by atoms with E-state index in [9.17, 15) is 14.5 Å². The van der Waals surface area contributed by atoms with Crippen LogP contribution in [0.1, 0.15) is 27.0 Å². The molecule has 4 N–H and O–H groups in total. The van der Waals surface area contributed by atoms with E-state index in [0.29, 0.717) is 16.7 Å². The maximum absolute atomic E-state index is 15.9. The molecule has 2 aromatic heterocycles. The van der Waals surface area contributed by atoms with Crippen molar-refractivity contribution in [2.24, 2.45) is 0 Å². The van der Waals surface area contributed by atoms with E-state index >= 15 is 4.39 Å². The van der Waals surface area contributed by atoms with Crippen molar-refractivity contribution in [1.82, 2.24) is 24.6 Å². The van der Waals surface area contributed by atoms with E-state index in [-0.39, 0.29) is 17.3 Å². The van der Waals surface area contributed by atoms with Gasteiger partial charge in [-0.15, -0.1) is 11.6 Å². The molecule has 6 atom stereocenters. The molecule has 0 unspecified atom stereocenters. The van der Waals surface area contributed by atoms with Crippen LogP contribution in [0.15, 0.2) is 48.8 Å². The number of carbonyl (C=O) groups is 1. The van der Waals surface area contributed by atoms with Crippen molar-refractivity contribution >= 4 is 59.0 Å². The molecule has 0 amide bonds. The van der Waals surface area contributed by atoms with Crippen molar-refractivity contribution in [3.8, 4) is 5.75 Å². The summed E-state index contributed by atoms with van der Waals surface area (Å²) in [5, 5.41) is 15.2. The second-order valence-electron chi connectivity index (χ2n) is 11.4. The Morgan fingerprint density at radius 3 is 2.65 bits per heavy atom. The average molecular weight is 680 g/mol. The molecule has 1 aliphatic heterocycles. The highest BCUT2D eigenvalue weighted by atomic mass is 35.5. The number of hydrogen-bond donors (Lipinski definition) is 3. The number of alkyl halides is 2. The Labute approximate surface area is 269 Å². The van der Waals surface area contributed by atoms with E-state index < -0.39 is 62.5 Å². The molecule has 1 aliphatic rings. The average Bonchev–Trinajstić information content (AvgIpc) is 3.53. The number of aliphatic hydroxyl groups is 1. The molecule has 0 spiro atoms. The second kappa shape index (κ2) is 13.3. The molecule has 4 aromatic rings. The minimum absolute atomic E-state index is 0.0819. The molecule has 46 heavy (non-hydrogen) atoms. The number of aliphatic hydroxyl groups excluding tert-OH is 1. The minimum Gasteiger partial charge on any atom is -0.462 e. The van der Waals surface area contributed by atoms with Crippen LogP contribution in [0.2, 0.25) is 0 Å². The number of carbonyl (C=O) groups excluding carboxylic acids is 1. The maximum atomic E-state index is 15.9. The number of imidazole rings is 1. The third-order valence-corrected chi connectivity index (χ3v) is 9.38. The van der Waals surface area contributed by atoms with Crippen LogP contribution in [0.4, 0.5) is 16.2 Å². The summed E-state index contributed by atoms with van der Waals surface area (Å²) in [7, 11) is -1.01. The van der Waals surface area contributed by atoms with Crippen LogP contribution < -0.4 is 20.2 Å². The monoisotopic (exact) mass is 679 g/mol. The zero-order valence-electron chi connectivity index (χ0n) is 25.8. The Kier molecular flexibility index (Phi) is 9.73. The second-order valence-corrected chi connectivity index (χ2v) is 13.4. The van der Waals surface area contributed by atoms with Gasteiger partial charge in [0.05, 0.1) is 24.9 Å². The summed E-state index contributed by atoms with van der Waals surface area (Å²) in [5.41, 5.74) is 4.47. The number of nitrogens with zero attached hydrogens (tertiary/aromatic N) is 5. The summed E-state index contributed by atoms with van der Waals surface area (Å²) >= 11 is 6.31. The lowest BCUT2D eigenvalue weighted by atomic mass is 9.99. The number of aromatic nitrogens is 4. The predicted octanol–water partition coefficient (Wildman–Crippen LogP) is 3.97. The highest BCUT2D eigenvalue weighted by Crippen LogP contribution is 2.50. The lowest BCUT2D eigenvalue weighted by Crippen LogP contribution is -2.48. The summed E-state index contributed by atoms with van der Waals surface area (Å²) in [6.45, 7) is 4.07. The normalized spacial score (nSPS) is 23.5. The van der Waals surface area contributed by atoms with Gasteiger partial charge in [0.25, 0.3) is 0 Å². The summed E-state index contributed by atoms with van der Waals surface area (Å²) in [6, 6.07) is 11.2. The van der Waals surface area contributed by atoms with Crippen LogP contribution in [0, 0.1) is 0 Å². The zero-order valence-corrected chi connectivity index (χ0v) is 27.5. The predicted molar refractivity (Wildman–Crippen MR) is 170 cm³/mol. The lowest BCUT2D eigenvalue weighted by molar-refractivity contribution is -0.149. The van der Waals surface area contributed by atoms with E-state index in [0.717, 1.165) is 5.39 Å². The number of anilines is 2. The van der Waals surface area contributed by atoms with Crippen molar-refractivity contribution in [3.05, 3.63) is 48.8 Å². The lowest BCUT2D eigenvalue weighted by Gasteiger charge is -2.31. The van der Waals surface area contributed by atoms with Gasteiger partial charge >= 0.3 is 13.7 Å². The summed E-state index contributed by atoms with van der Waals surface area (Å²) in [4.78, 5) is 27.0. The summed E-state index contributed by atoms with van der Waals surface area (Å²) in [6.07, 6.45) is -4.53. The van der Waals surface area contributed by atoms with Gasteiger partial charge in [-0.05, 0) is 32.2 Å². The minimum atomic E-state index is -4.48. The number of hydrogen-bond acceptors (Lipinski definition) is 12. The molecule has 1 saturated heterocycles. The number of benzene rings is 2. The SMILES string of the molecule is CC(C)OC(=O)[C@H](C)N[P@](=O)(OC[C@@]1(CCl)O[C@@H](n2cnc3c(N(C)C)nc(N)nc32)[C@@H](F)[C@@H]1O)Oc1cccc2ccccc12. The van der Waals surface area contributed by atoms with Gasteiger partial charge in [0.2, 0.25) is 5.95 Å². The quantitative estimate of drug-likeness (QED) is 0.112. The van der Waals surface area contributed by atoms with E-state index in [1.165, 1.54) is 17.8 Å². The Balaban J connectivity index is 1.46. The van der Waals surface area contributed by atoms with Crippen LogP contribution in [-0.4, -0.2) is 87.2 Å². The van der Waals surface area contributed by atoms with Gasteiger partial charge in [-0.1, -0.05) is 36.4 Å². The van der Waals surface area contributed by atoms with E-state index in [4.69, 9.17) is 35.9 Å². The topological polar surface area (TPSA) is 176 Å². The smallest absolute Gasteiger partial charge is 0.459 e. The Bertz CT molecular complexity index is 1770. The third kappa shape index (κ3) is 6.61. The van der Waals surface area contributed by atoms with Gasteiger partial charge in [0.15, 0.2) is 29.4 Å². The van der Waals surface area contributed by atoms with Gasteiger partial charge < -0.3 is 29.7 Å². The molecule has 0 bridgehead atoms. The third-order valence-electron chi connectivity index (χ3n) is 7.32. The fraction of sp³-hybridized carbons (Fsp3) is 0.448. The van der Waals surface area contributed by atoms with Gasteiger partial charge in [-0.2, -0.15) is 15.1 Å². The first-order valence-electron chi connectivity index (χ1n) is 14.4. The fourth-order valence-electron chi connectivity index (χ4n) is 5.03. The molecule has 2 aromatic carbocycles. The first-order valence-corrected chi connectivity index (χ1v) is 16.5. The van der Waals surface area contributed by atoms with Crippen LogP contribution in [0.25, 0.3) is 21.9 Å². The Morgan fingerprint density at radius 1 is 1.24 bits per heavy atom. The van der Waals surface area contributed by atoms with Crippen molar-refractivity contribution < 1.29 is 37.4 Å². The zero-order chi connectivity index (χ0) is 33.4. The molecule has 5 rings (SSSR count). The molecular formula is C29H36ClFN7O7P. The number of ether oxygens (including phenoxy) is 2. The van der Waals surface area contributed by atoms with Crippen molar-refractivity contribution in [3.63, 3.8) is 0 Å². The van der Waals surface area contributed by atoms with Gasteiger partial charge in [-0.3, -0.25) is 13.9 Å². The maximum Gasteiger partial charge on any atom is 0.459 e. The van der Waals surface area contributed by atoms with Crippen molar-refractivity contribution in [1.29, 1.82) is 0 Å². The van der Waals surface area contributed by atoms with Crippen LogP contribution in [-0.2, 0) is 23.4 Å². The molecular weight excluding hydrogens is 644 g/mol. The number of esters is 1. The standard InChI is InChI=1S/C29H36ClFN7O7P/c1-16(2)43-27(40)17(3)36-46(41,45-20-12-8-10-18-9-6-7-11-19(18)20)42-14-29(13-30)23(39)21(31)26(44-29)38-15-33-22-24(37(4)5)34-28(32)35-25(22)38/h6-12,15-17,21,23,26,39H,13-14H2,1-5H3,(H,36,41)(H2,32,34,35)/t17-,21-,23-,26+,29+,46-/m0/s1. The molecule has 17 heteroatoms. The summed E-state index contributed by atoms with van der Waals surface area (Å²) in [5.74, 6) is -0.687. The van der Waals surface area contributed by atoms with Crippen LogP contribution >= 0.6 is 19.3 Å².